The Morgan fingerprint density at radius 1 is 1.29 bits per heavy atom. The molecule has 0 spiro atoms. The van der Waals surface area contributed by atoms with Crippen molar-refractivity contribution in [3.8, 4) is 0 Å². The Labute approximate surface area is 141 Å². The van der Waals surface area contributed by atoms with Gasteiger partial charge in [0.05, 0.1) is 4.92 Å². The zero-order valence-corrected chi connectivity index (χ0v) is 14.0. The molecule has 7 nitrogen and oxygen atoms in total. The van der Waals surface area contributed by atoms with Crippen LogP contribution in [-0.2, 0) is 0 Å². The monoisotopic (exact) mass is 332 g/mol. The third kappa shape index (κ3) is 3.51. The van der Waals surface area contributed by atoms with Crippen molar-refractivity contribution in [2.24, 2.45) is 0 Å². The molecule has 1 saturated carbocycles. The molecular weight excluding hydrogens is 308 g/mol. The maximum atomic E-state index is 11.7. The van der Waals surface area contributed by atoms with E-state index < -0.39 is 4.92 Å². The molecule has 1 aromatic rings. The fraction of sp³-hybridized carbons (Fsp3) is 0.588. The van der Waals surface area contributed by atoms with Gasteiger partial charge < -0.3 is 10.6 Å². The van der Waals surface area contributed by atoms with Gasteiger partial charge in [-0.3, -0.25) is 19.8 Å². The van der Waals surface area contributed by atoms with Crippen LogP contribution >= 0.6 is 0 Å². The number of hydrogen-bond acceptors (Lipinski definition) is 5. The average Bonchev–Trinajstić information content (AvgIpc) is 3.25. The highest BCUT2D eigenvalue weighted by Crippen LogP contribution is 2.30. The van der Waals surface area contributed by atoms with Gasteiger partial charge in [0.15, 0.2) is 0 Å². The quantitative estimate of drug-likeness (QED) is 0.638. The molecule has 1 amide bonds. The topological polar surface area (TPSA) is 87.5 Å². The van der Waals surface area contributed by atoms with Gasteiger partial charge in [-0.1, -0.05) is 12.8 Å². The van der Waals surface area contributed by atoms with Crippen molar-refractivity contribution in [3.05, 3.63) is 33.9 Å². The number of amides is 1. The first-order valence-corrected chi connectivity index (χ1v) is 8.59. The van der Waals surface area contributed by atoms with Crippen LogP contribution in [0.2, 0.25) is 0 Å². The zero-order chi connectivity index (χ0) is 17.1. The van der Waals surface area contributed by atoms with Gasteiger partial charge in [0, 0.05) is 43.9 Å². The average molecular weight is 332 g/mol. The largest absolute Gasteiger partial charge is 0.375 e. The molecule has 1 aliphatic carbocycles. The first-order chi connectivity index (χ1) is 11.6. The van der Waals surface area contributed by atoms with Crippen LogP contribution in [0.15, 0.2) is 18.2 Å². The number of hydrogen-bond donors (Lipinski definition) is 2. The van der Waals surface area contributed by atoms with Gasteiger partial charge in [-0.15, -0.1) is 0 Å². The van der Waals surface area contributed by atoms with E-state index in [4.69, 9.17) is 0 Å². The summed E-state index contributed by atoms with van der Waals surface area (Å²) in [4.78, 5) is 25.1. The fourth-order valence-electron chi connectivity index (χ4n) is 3.82. The minimum Gasteiger partial charge on any atom is -0.375 e. The van der Waals surface area contributed by atoms with Crippen LogP contribution in [0.3, 0.4) is 0 Å². The van der Waals surface area contributed by atoms with E-state index in [2.05, 4.69) is 15.5 Å². The van der Waals surface area contributed by atoms with Gasteiger partial charge in [-0.25, -0.2) is 0 Å². The van der Waals surface area contributed by atoms with Crippen molar-refractivity contribution >= 4 is 17.3 Å². The standard InChI is InChI=1S/C17H24N4O3/c1-18-17(22)12-6-7-15(16(10-12)21(23)24)19-13-8-9-20(11-13)14-4-2-3-5-14/h6-7,10,13-14,19H,2-5,8-9,11H2,1H3,(H,18,22). The number of rotatable bonds is 5. The lowest BCUT2D eigenvalue weighted by Gasteiger charge is -2.23. The minimum absolute atomic E-state index is 0.0459. The Morgan fingerprint density at radius 3 is 2.71 bits per heavy atom. The molecular formula is C17H24N4O3. The van der Waals surface area contributed by atoms with E-state index in [-0.39, 0.29) is 17.6 Å². The molecule has 130 valence electrons. The summed E-state index contributed by atoms with van der Waals surface area (Å²) in [5.41, 5.74) is 0.745. The molecule has 2 N–H and O–H groups in total. The molecule has 7 heteroatoms. The number of carbonyl (C=O) groups is 1. The van der Waals surface area contributed by atoms with Crippen molar-refractivity contribution in [3.63, 3.8) is 0 Å². The van der Waals surface area contributed by atoms with Crippen molar-refractivity contribution in [2.75, 3.05) is 25.5 Å². The van der Waals surface area contributed by atoms with Crippen molar-refractivity contribution in [2.45, 2.75) is 44.2 Å². The van der Waals surface area contributed by atoms with Gasteiger partial charge in [0.2, 0.25) is 0 Å². The molecule has 0 bridgehead atoms. The minimum atomic E-state index is -0.432. The van der Waals surface area contributed by atoms with Crippen molar-refractivity contribution in [1.82, 2.24) is 10.2 Å². The van der Waals surface area contributed by atoms with E-state index in [1.165, 1.54) is 38.8 Å². The first kappa shape index (κ1) is 16.7. The molecule has 3 rings (SSSR count). The van der Waals surface area contributed by atoms with Gasteiger partial charge >= 0.3 is 0 Å². The second-order valence-corrected chi connectivity index (χ2v) is 6.63. The Balaban J connectivity index is 1.70. The van der Waals surface area contributed by atoms with Crippen LogP contribution < -0.4 is 10.6 Å². The molecule has 1 atom stereocenters. The number of benzene rings is 1. The maximum Gasteiger partial charge on any atom is 0.293 e. The van der Waals surface area contributed by atoms with E-state index >= 15 is 0 Å². The number of carbonyl (C=O) groups excluding carboxylic acids is 1. The van der Waals surface area contributed by atoms with Crippen LogP contribution in [0.25, 0.3) is 0 Å². The highest BCUT2D eigenvalue weighted by molar-refractivity contribution is 5.95. The Morgan fingerprint density at radius 2 is 2.04 bits per heavy atom. The molecule has 2 aliphatic rings. The molecule has 2 fully saturated rings. The van der Waals surface area contributed by atoms with Gasteiger partial charge in [-0.2, -0.15) is 0 Å². The lowest BCUT2D eigenvalue weighted by atomic mass is 10.1. The number of nitrogens with one attached hydrogen (secondary N) is 2. The predicted octanol–water partition coefficient (Wildman–Crippen LogP) is 2.38. The molecule has 1 saturated heterocycles. The van der Waals surface area contributed by atoms with E-state index in [0.717, 1.165) is 19.5 Å². The summed E-state index contributed by atoms with van der Waals surface area (Å²) in [7, 11) is 1.51. The number of nitro groups is 1. The van der Waals surface area contributed by atoms with Gasteiger partial charge in [-0.05, 0) is 31.4 Å². The number of nitro benzene ring substituents is 1. The van der Waals surface area contributed by atoms with Crippen LogP contribution in [0.5, 0.6) is 0 Å². The molecule has 1 unspecified atom stereocenters. The Bertz CT molecular complexity index is 628. The Hall–Kier alpha value is -2.15. The summed E-state index contributed by atoms with van der Waals surface area (Å²) in [5.74, 6) is -0.321. The summed E-state index contributed by atoms with van der Waals surface area (Å²) in [6.07, 6.45) is 6.16. The lowest BCUT2D eigenvalue weighted by Crippen LogP contribution is -2.33. The number of anilines is 1. The highest BCUT2D eigenvalue weighted by atomic mass is 16.6. The number of likely N-dealkylation sites (tertiary alicyclic amines) is 1. The van der Waals surface area contributed by atoms with Crippen LogP contribution in [0, 0.1) is 10.1 Å². The maximum absolute atomic E-state index is 11.7. The first-order valence-electron chi connectivity index (χ1n) is 8.59. The van der Waals surface area contributed by atoms with Crippen LogP contribution in [0.1, 0.15) is 42.5 Å². The number of nitrogens with zero attached hydrogens (tertiary/aromatic N) is 2. The fourth-order valence-corrected chi connectivity index (χ4v) is 3.82. The zero-order valence-electron chi connectivity index (χ0n) is 14.0. The second-order valence-electron chi connectivity index (χ2n) is 6.63. The predicted molar refractivity (Wildman–Crippen MR) is 92.3 cm³/mol. The lowest BCUT2D eigenvalue weighted by molar-refractivity contribution is -0.384. The molecule has 1 heterocycles. The smallest absolute Gasteiger partial charge is 0.293 e. The highest BCUT2D eigenvalue weighted by Gasteiger charge is 2.31. The third-order valence-corrected chi connectivity index (χ3v) is 5.10. The summed E-state index contributed by atoms with van der Waals surface area (Å²) in [6.45, 7) is 1.98. The third-order valence-electron chi connectivity index (χ3n) is 5.10. The molecule has 1 aromatic carbocycles. The SMILES string of the molecule is CNC(=O)c1ccc(NC2CCN(C3CCCC3)C2)c([N+](=O)[O-])c1. The molecule has 24 heavy (non-hydrogen) atoms. The summed E-state index contributed by atoms with van der Waals surface area (Å²) < 4.78 is 0. The Kier molecular flexibility index (Phi) is 4.99. The van der Waals surface area contributed by atoms with Crippen molar-refractivity contribution in [1.29, 1.82) is 0 Å². The molecule has 1 aliphatic heterocycles. The summed E-state index contributed by atoms with van der Waals surface area (Å²) in [5, 5.41) is 17.2. The molecule has 0 radical (unpaired) electrons. The van der Waals surface area contributed by atoms with Crippen LogP contribution in [-0.4, -0.2) is 48.0 Å². The summed E-state index contributed by atoms with van der Waals surface area (Å²) >= 11 is 0. The normalized spacial score (nSPS) is 21.8. The van der Waals surface area contributed by atoms with Crippen molar-refractivity contribution < 1.29 is 9.72 Å². The van der Waals surface area contributed by atoms with Gasteiger partial charge in [0.1, 0.15) is 5.69 Å². The van der Waals surface area contributed by atoms with E-state index in [0.29, 0.717) is 17.3 Å². The van der Waals surface area contributed by atoms with Crippen LogP contribution in [0.4, 0.5) is 11.4 Å². The summed E-state index contributed by atoms with van der Waals surface area (Å²) in [6, 6.07) is 5.50. The second kappa shape index (κ2) is 7.17. The van der Waals surface area contributed by atoms with E-state index in [9.17, 15) is 14.9 Å². The van der Waals surface area contributed by atoms with E-state index in [1.807, 2.05) is 0 Å². The molecule has 0 aromatic heterocycles. The van der Waals surface area contributed by atoms with Gasteiger partial charge in [0.25, 0.3) is 11.6 Å². The van der Waals surface area contributed by atoms with E-state index in [1.54, 1.807) is 12.1 Å².